The van der Waals surface area contributed by atoms with Gasteiger partial charge in [-0.05, 0) is 48.4 Å². The van der Waals surface area contributed by atoms with Crippen molar-refractivity contribution in [2.45, 2.75) is 12.5 Å². The van der Waals surface area contributed by atoms with Gasteiger partial charge in [-0.1, -0.05) is 12.1 Å². The lowest BCUT2D eigenvalue weighted by atomic mass is 10.0. The number of nitrogens with two attached hydrogens (primary N) is 1. The topological polar surface area (TPSA) is 48.4 Å². The molecule has 1 atom stereocenters. The Morgan fingerprint density at radius 3 is 2.62 bits per heavy atom. The van der Waals surface area contributed by atoms with Crippen LogP contribution in [0.5, 0.6) is 5.75 Å². The van der Waals surface area contributed by atoms with E-state index in [9.17, 15) is 4.39 Å². The van der Waals surface area contributed by atoms with Crippen molar-refractivity contribution in [2.75, 3.05) is 7.11 Å². The molecule has 108 valence electrons. The van der Waals surface area contributed by atoms with Crippen LogP contribution in [0.1, 0.15) is 17.4 Å². The Labute approximate surface area is 122 Å². The first-order chi connectivity index (χ1) is 10.2. The van der Waals surface area contributed by atoms with Crippen LogP contribution in [-0.4, -0.2) is 7.11 Å². The van der Waals surface area contributed by atoms with E-state index in [1.807, 2.05) is 24.3 Å². The van der Waals surface area contributed by atoms with Crippen molar-refractivity contribution in [3.05, 3.63) is 65.7 Å². The Balaban J connectivity index is 1.80. The average molecular weight is 285 g/mol. The summed E-state index contributed by atoms with van der Waals surface area (Å²) < 4.78 is 24.0. The van der Waals surface area contributed by atoms with Crippen LogP contribution < -0.4 is 10.5 Å². The number of hydrogen-bond acceptors (Lipinski definition) is 3. The molecule has 0 radical (unpaired) electrons. The standard InChI is InChI=1S/C17H16FNO2/c1-20-14-5-2-11(3-6-14)8-15(19)17-10-12-9-13(18)4-7-16(12)21-17/h2-7,9-10,15H,8,19H2,1H3. The number of furan rings is 1. The maximum absolute atomic E-state index is 13.2. The first kappa shape index (κ1) is 13.6. The maximum atomic E-state index is 13.2. The number of fused-ring (bicyclic) bond motifs is 1. The van der Waals surface area contributed by atoms with E-state index in [4.69, 9.17) is 14.9 Å². The van der Waals surface area contributed by atoms with Gasteiger partial charge in [-0.3, -0.25) is 0 Å². The van der Waals surface area contributed by atoms with Gasteiger partial charge >= 0.3 is 0 Å². The molecular formula is C17H16FNO2. The van der Waals surface area contributed by atoms with Gasteiger partial charge in [0, 0.05) is 5.39 Å². The summed E-state index contributed by atoms with van der Waals surface area (Å²) in [5, 5.41) is 0.732. The van der Waals surface area contributed by atoms with E-state index >= 15 is 0 Å². The molecule has 0 saturated carbocycles. The Bertz CT molecular complexity index is 749. The highest BCUT2D eigenvalue weighted by Gasteiger charge is 2.13. The smallest absolute Gasteiger partial charge is 0.134 e. The summed E-state index contributed by atoms with van der Waals surface area (Å²) in [6.45, 7) is 0. The van der Waals surface area contributed by atoms with Crippen molar-refractivity contribution in [3.8, 4) is 5.75 Å². The number of hydrogen-bond donors (Lipinski definition) is 1. The van der Waals surface area contributed by atoms with Gasteiger partial charge in [-0.2, -0.15) is 0 Å². The number of ether oxygens (including phenoxy) is 1. The van der Waals surface area contributed by atoms with Crippen LogP contribution in [0.4, 0.5) is 4.39 Å². The zero-order valence-corrected chi connectivity index (χ0v) is 11.7. The van der Waals surface area contributed by atoms with Crippen molar-refractivity contribution >= 4 is 11.0 Å². The molecule has 2 N–H and O–H groups in total. The predicted octanol–water partition coefficient (Wildman–Crippen LogP) is 3.82. The second-order valence-electron chi connectivity index (χ2n) is 4.99. The quantitative estimate of drug-likeness (QED) is 0.792. The Hall–Kier alpha value is -2.33. The summed E-state index contributed by atoms with van der Waals surface area (Å²) in [6, 6.07) is 13.7. The van der Waals surface area contributed by atoms with Crippen LogP contribution in [0.25, 0.3) is 11.0 Å². The summed E-state index contributed by atoms with van der Waals surface area (Å²) in [6.07, 6.45) is 0.645. The Morgan fingerprint density at radius 1 is 1.14 bits per heavy atom. The third-order valence-electron chi connectivity index (χ3n) is 3.48. The zero-order chi connectivity index (χ0) is 14.8. The van der Waals surface area contributed by atoms with Gasteiger partial charge in [0.15, 0.2) is 0 Å². The normalized spacial score (nSPS) is 12.5. The summed E-state index contributed by atoms with van der Waals surface area (Å²) in [5.74, 6) is 1.19. The van der Waals surface area contributed by atoms with E-state index in [2.05, 4.69) is 0 Å². The van der Waals surface area contributed by atoms with Gasteiger partial charge in [0.05, 0.1) is 13.2 Å². The van der Waals surface area contributed by atoms with Gasteiger partial charge < -0.3 is 14.9 Å². The lowest BCUT2D eigenvalue weighted by Gasteiger charge is -2.09. The van der Waals surface area contributed by atoms with Crippen LogP contribution >= 0.6 is 0 Å². The summed E-state index contributed by atoms with van der Waals surface area (Å²) in [7, 11) is 1.63. The molecule has 0 aliphatic heterocycles. The molecule has 1 aromatic heterocycles. The minimum absolute atomic E-state index is 0.270. The summed E-state index contributed by atoms with van der Waals surface area (Å²) >= 11 is 0. The SMILES string of the molecule is COc1ccc(CC(N)c2cc3cc(F)ccc3o2)cc1. The molecule has 0 fully saturated rings. The largest absolute Gasteiger partial charge is 0.497 e. The van der Waals surface area contributed by atoms with E-state index in [1.54, 1.807) is 19.2 Å². The van der Waals surface area contributed by atoms with E-state index in [1.165, 1.54) is 12.1 Å². The molecule has 0 amide bonds. The van der Waals surface area contributed by atoms with Crippen molar-refractivity contribution in [2.24, 2.45) is 5.73 Å². The minimum Gasteiger partial charge on any atom is -0.497 e. The molecule has 1 heterocycles. The van der Waals surface area contributed by atoms with Crippen molar-refractivity contribution in [1.29, 1.82) is 0 Å². The summed E-state index contributed by atoms with van der Waals surface area (Å²) in [5.41, 5.74) is 7.92. The van der Waals surface area contributed by atoms with Gasteiger partial charge in [0.1, 0.15) is 22.9 Å². The minimum atomic E-state index is -0.279. The van der Waals surface area contributed by atoms with Gasteiger partial charge in [-0.25, -0.2) is 4.39 Å². The molecule has 21 heavy (non-hydrogen) atoms. The second-order valence-corrected chi connectivity index (χ2v) is 4.99. The van der Waals surface area contributed by atoms with Crippen LogP contribution in [0, 0.1) is 5.82 Å². The Kier molecular flexibility index (Phi) is 3.62. The van der Waals surface area contributed by atoms with E-state index < -0.39 is 0 Å². The zero-order valence-electron chi connectivity index (χ0n) is 11.7. The van der Waals surface area contributed by atoms with Gasteiger partial charge in [0.25, 0.3) is 0 Å². The van der Waals surface area contributed by atoms with E-state index in [0.717, 1.165) is 16.7 Å². The second kappa shape index (κ2) is 5.58. The third-order valence-corrected chi connectivity index (χ3v) is 3.48. The van der Waals surface area contributed by atoms with E-state index in [0.29, 0.717) is 17.8 Å². The average Bonchev–Trinajstić information content (AvgIpc) is 2.91. The van der Waals surface area contributed by atoms with Crippen LogP contribution in [0.2, 0.25) is 0 Å². The molecule has 0 spiro atoms. The van der Waals surface area contributed by atoms with Crippen LogP contribution in [0.3, 0.4) is 0 Å². The first-order valence-corrected chi connectivity index (χ1v) is 6.73. The summed E-state index contributed by atoms with van der Waals surface area (Å²) in [4.78, 5) is 0. The molecule has 3 rings (SSSR count). The fraction of sp³-hybridized carbons (Fsp3) is 0.176. The molecule has 3 nitrogen and oxygen atoms in total. The molecule has 3 aromatic rings. The number of halogens is 1. The Morgan fingerprint density at radius 2 is 1.90 bits per heavy atom. The molecule has 4 heteroatoms. The number of rotatable bonds is 4. The predicted molar refractivity (Wildman–Crippen MR) is 79.8 cm³/mol. The lowest BCUT2D eigenvalue weighted by Crippen LogP contribution is -2.12. The number of benzene rings is 2. The molecule has 0 aliphatic rings. The monoisotopic (exact) mass is 285 g/mol. The van der Waals surface area contributed by atoms with Gasteiger partial charge in [0.2, 0.25) is 0 Å². The highest BCUT2D eigenvalue weighted by atomic mass is 19.1. The molecule has 2 aromatic carbocycles. The molecule has 0 bridgehead atoms. The van der Waals surface area contributed by atoms with Gasteiger partial charge in [-0.15, -0.1) is 0 Å². The van der Waals surface area contributed by atoms with Crippen molar-refractivity contribution < 1.29 is 13.5 Å². The maximum Gasteiger partial charge on any atom is 0.134 e. The fourth-order valence-corrected chi connectivity index (χ4v) is 2.33. The third kappa shape index (κ3) is 2.90. The molecule has 1 unspecified atom stereocenters. The van der Waals surface area contributed by atoms with Crippen molar-refractivity contribution in [3.63, 3.8) is 0 Å². The highest BCUT2D eigenvalue weighted by molar-refractivity contribution is 5.78. The fourth-order valence-electron chi connectivity index (χ4n) is 2.33. The van der Waals surface area contributed by atoms with Crippen molar-refractivity contribution in [1.82, 2.24) is 0 Å². The highest BCUT2D eigenvalue weighted by Crippen LogP contribution is 2.26. The van der Waals surface area contributed by atoms with E-state index in [-0.39, 0.29) is 11.9 Å². The first-order valence-electron chi connectivity index (χ1n) is 6.73. The number of methoxy groups -OCH3 is 1. The van der Waals surface area contributed by atoms with Crippen LogP contribution in [-0.2, 0) is 6.42 Å². The lowest BCUT2D eigenvalue weighted by molar-refractivity contribution is 0.414. The molecule has 0 saturated heterocycles. The van der Waals surface area contributed by atoms with Crippen LogP contribution in [0.15, 0.2) is 52.9 Å². The molecule has 0 aliphatic carbocycles. The molecular weight excluding hydrogens is 269 g/mol.